The Morgan fingerprint density at radius 1 is 1.09 bits per heavy atom. The molecule has 0 aliphatic heterocycles. The Morgan fingerprint density at radius 3 is 2.24 bits per heavy atom. The van der Waals surface area contributed by atoms with Crippen LogP contribution in [0, 0.1) is 18.3 Å². The minimum absolute atomic E-state index is 0.0288. The van der Waals surface area contributed by atoms with Crippen molar-refractivity contribution in [3.8, 4) is 6.07 Å². The third kappa shape index (κ3) is 3.45. The van der Waals surface area contributed by atoms with Crippen LogP contribution in [0.4, 0.5) is 26.3 Å². The number of aryl methyl sites for hydroxylation is 2. The normalized spacial score (nSPS) is 19.1. The number of hydrogen-bond acceptors (Lipinski definition) is 4. The Balaban J connectivity index is 2.28. The summed E-state index contributed by atoms with van der Waals surface area (Å²) in [6.07, 6.45) is -12.0. The summed E-state index contributed by atoms with van der Waals surface area (Å²) in [5.41, 5.74) is -7.82. The van der Waals surface area contributed by atoms with E-state index in [1.54, 1.807) is 6.92 Å². The Kier molecular flexibility index (Phi) is 5.30. The lowest BCUT2D eigenvalue weighted by Gasteiger charge is -2.35. The number of aromatic nitrogens is 1. The molecule has 1 aliphatic rings. The van der Waals surface area contributed by atoms with Gasteiger partial charge in [-0.3, -0.25) is 0 Å². The molecule has 2 aromatic carbocycles. The SMILES string of the molecule is Cc1ccc(S(=O)(=O)n2c3c(c4cc(C#N)cc(C(F)(F)F)c42)CCCC3(O)C(F)(F)F)cc1. The smallest absolute Gasteiger partial charge is 0.375 e. The van der Waals surface area contributed by atoms with E-state index in [-0.39, 0.29) is 22.4 Å². The van der Waals surface area contributed by atoms with Crippen molar-refractivity contribution in [3.05, 3.63) is 64.3 Å². The van der Waals surface area contributed by atoms with E-state index in [0.29, 0.717) is 11.6 Å². The van der Waals surface area contributed by atoms with E-state index < -0.39 is 67.0 Å². The fraction of sp³-hybridized carbons (Fsp3) is 0.318. The summed E-state index contributed by atoms with van der Waals surface area (Å²) in [6, 6.07) is 7.67. The van der Waals surface area contributed by atoms with Gasteiger partial charge in [0, 0.05) is 5.39 Å². The van der Waals surface area contributed by atoms with Crippen LogP contribution >= 0.6 is 0 Å². The lowest BCUT2D eigenvalue weighted by Crippen LogP contribution is -2.47. The molecule has 1 aromatic heterocycles. The van der Waals surface area contributed by atoms with Gasteiger partial charge in [-0.15, -0.1) is 0 Å². The maximum absolute atomic E-state index is 14.1. The molecule has 1 N–H and O–H groups in total. The summed E-state index contributed by atoms with van der Waals surface area (Å²) in [4.78, 5) is -0.551. The first-order chi connectivity index (χ1) is 15.6. The first-order valence-electron chi connectivity index (χ1n) is 9.93. The second-order valence-electron chi connectivity index (χ2n) is 8.15. The molecule has 0 saturated carbocycles. The highest BCUT2D eigenvalue weighted by Crippen LogP contribution is 2.52. The molecule has 0 spiro atoms. The number of halogens is 6. The Bertz CT molecular complexity index is 1450. The van der Waals surface area contributed by atoms with Crippen LogP contribution in [0.1, 0.15) is 40.8 Å². The van der Waals surface area contributed by atoms with Crippen molar-refractivity contribution in [1.29, 1.82) is 5.26 Å². The molecular formula is C22H16F6N2O3S. The zero-order valence-electron chi connectivity index (χ0n) is 17.4. The first-order valence-corrected chi connectivity index (χ1v) is 11.4. The largest absolute Gasteiger partial charge is 0.422 e. The molecule has 34 heavy (non-hydrogen) atoms. The number of nitriles is 1. The maximum Gasteiger partial charge on any atom is 0.422 e. The van der Waals surface area contributed by atoms with Crippen LogP contribution in [-0.2, 0) is 28.2 Å². The molecule has 5 nitrogen and oxygen atoms in total. The average Bonchev–Trinajstić information content (AvgIpc) is 3.08. The van der Waals surface area contributed by atoms with Gasteiger partial charge in [-0.2, -0.15) is 31.6 Å². The van der Waals surface area contributed by atoms with Crippen molar-refractivity contribution in [2.24, 2.45) is 0 Å². The van der Waals surface area contributed by atoms with E-state index in [1.807, 2.05) is 0 Å². The van der Waals surface area contributed by atoms with Crippen molar-refractivity contribution >= 4 is 20.9 Å². The van der Waals surface area contributed by atoms with Gasteiger partial charge in [-0.1, -0.05) is 17.7 Å². The molecule has 1 unspecified atom stereocenters. The molecule has 4 rings (SSSR count). The van der Waals surface area contributed by atoms with E-state index in [4.69, 9.17) is 0 Å². The van der Waals surface area contributed by atoms with Gasteiger partial charge in [0.15, 0.2) is 0 Å². The van der Waals surface area contributed by atoms with Crippen molar-refractivity contribution in [1.82, 2.24) is 3.97 Å². The Morgan fingerprint density at radius 2 is 1.71 bits per heavy atom. The summed E-state index contributed by atoms with van der Waals surface area (Å²) in [6.45, 7) is 1.62. The van der Waals surface area contributed by atoms with Gasteiger partial charge >= 0.3 is 12.4 Å². The van der Waals surface area contributed by atoms with Gasteiger partial charge in [-0.05, 0) is 56.0 Å². The van der Waals surface area contributed by atoms with Gasteiger partial charge < -0.3 is 5.11 Å². The van der Waals surface area contributed by atoms with Crippen LogP contribution in [-0.4, -0.2) is 23.7 Å². The number of rotatable bonds is 2. The van der Waals surface area contributed by atoms with Crippen LogP contribution in [0.5, 0.6) is 0 Å². The highest BCUT2D eigenvalue weighted by atomic mass is 32.2. The highest BCUT2D eigenvalue weighted by Gasteiger charge is 2.60. The first kappa shape index (κ1) is 24.1. The van der Waals surface area contributed by atoms with Crippen molar-refractivity contribution < 1.29 is 39.9 Å². The molecule has 12 heteroatoms. The zero-order chi connectivity index (χ0) is 25.3. The molecule has 0 saturated heterocycles. The third-order valence-corrected chi connectivity index (χ3v) is 7.66. The molecular weight excluding hydrogens is 486 g/mol. The van der Waals surface area contributed by atoms with Crippen LogP contribution in [0.25, 0.3) is 10.9 Å². The molecule has 1 heterocycles. The quantitative estimate of drug-likeness (QED) is 0.491. The number of nitrogens with zero attached hydrogens (tertiary/aromatic N) is 2. The van der Waals surface area contributed by atoms with Crippen LogP contribution in [0.2, 0.25) is 0 Å². The second kappa shape index (κ2) is 7.48. The fourth-order valence-corrected chi connectivity index (χ4v) is 6.00. The number of alkyl halides is 6. The highest BCUT2D eigenvalue weighted by molar-refractivity contribution is 7.90. The van der Waals surface area contributed by atoms with E-state index >= 15 is 0 Å². The number of hydrogen-bond donors (Lipinski definition) is 1. The molecule has 180 valence electrons. The van der Waals surface area contributed by atoms with Gasteiger partial charge in [0.05, 0.1) is 33.3 Å². The molecule has 3 aromatic rings. The summed E-state index contributed by atoms with van der Waals surface area (Å²) in [7, 11) is -5.04. The lowest BCUT2D eigenvalue weighted by molar-refractivity contribution is -0.273. The molecule has 0 radical (unpaired) electrons. The van der Waals surface area contributed by atoms with Crippen molar-refractivity contribution in [2.75, 3.05) is 0 Å². The summed E-state index contributed by atoms with van der Waals surface area (Å²) >= 11 is 0. The van der Waals surface area contributed by atoms with Crippen molar-refractivity contribution in [3.63, 3.8) is 0 Å². The Hall–Kier alpha value is -3.04. The maximum atomic E-state index is 14.1. The summed E-state index contributed by atoms with van der Waals surface area (Å²) < 4.78 is 112. The van der Waals surface area contributed by atoms with E-state index in [9.17, 15) is 45.1 Å². The summed E-state index contributed by atoms with van der Waals surface area (Å²) in [5, 5.41) is 19.5. The minimum Gasteiger partial charge on any atom is -0.375 e. The van der Waals surface area contributed by atoms with E-state index in [2.05, 4.69) is 0 Å². The predicted octanol–water partition coefficient (Wildman–Crippen LogP) is 5.16. The Labute approximate surface area is 189 Å². The number of fused-ring (bicyclic) bond motifs is 3. The van der Waals surface area contributed by atoms with Gasteiger partial charge in [0.25, 0.3) is 10.0 Å². The van der Waals surface area contributed by atoms with E-state index in [1.165, 1.54) is 18.2 Å². The fourth-order valence-electron chi connectivity index (χ4n) is 4.37. The lowest BCUT2D eigenvalue weighted by atomic mass is 9.82. The van der Waals surface area contributed by atoms with Gasteiger partial charge in [-0.25, -0.2) is 12.4 Å². The zero-order valence-corrected chi connectivity index (χ0v) is 18.2. The standard InChI is InChI=1S/C22H16F6N2O3S/c1-12-4-6-14(7-5-12)34(32,33)30-18-16(9-13(11-29)10-17(18)21(23,24)25)15-3-2-8-20(31,19(15)30)22(26,27)28/h4-7,9-10,31H,2-3,8H2,1H3. The monoisotopic (exact) mass is 502 g/mol. The number of aliphatic hydroxyl groups is 1. The average molecular weight is 502 g/mol. The minimum atomic E-state index is -5.38. The van der Waals surface area contributed by atoms with Crippen LogP contribution in [0.15, 0.2) is 41.3 Å². The van der Waals surface area contributed by atoms with Crippen molar-refractivity contribution in [2.45, 2.75) is 49.0 Å². The third-order valence-electron chi connectivity index (χ3n) is 5.95. The van der Waals surface area contributed by atoms with E-state index in [0.717, 1.165) is 18.2 Å². The van der Waals surface area contributed by atoms with Gasteiger partial charge in [0.1, 0.15) is 0 Å². The molecule has 0 bridgehead atoms. The molecule has 1 aliphatic carbocycles. The molecule has 1 atom stereocenters. The predicted molar refractivity (Wildman–Crippen MR) is 108 cm³/mol. The second-order valence-corrected chi connectivity index (χ2v) is 9.94. The van der Waals surface area contributed by atoms with Crippen LogP contribution < -0.4 is 0 Å². The van der Waals surface area contributed by atoms with Crippen LogP contribution in [0.3, 0.4) is 0 Å². The topological polar surface area (TPSA) is 83.1 Å². The molecule has 0 fully saturated rings. The summed E-state index contributed by atoms with van der Waals surface area (Å²) in [5.74, 6) is 0. The number of benzene rings is 2. The molecule has 0 amide bonds. The van der Waals surface area contributed by atoms with Gasteiger partial charge in [0.2, 0.25) is 5.60 Å².